The highest BCUT2D eigenvalue weighted by molar-refractivity contribution is 5.94. The van der Waals surface area contributed by atoms with E-state index >= 15 is 0 Å². The summed E-state index contributed by atoms with van der Waals surface area (Å²) in [6.45, 7) is 4.19. The van der Waals surface area contributed by atoms with Crippen LogP contribution in [0, 0.1) is 0 Å². The van der Waals surface area contributed by atoms with Crippen molar-refractivity contribution in [1.29, 1.82) is 0 Å². The van der Waals surface area contributed by atoms with Crippen LogP contribution in [0.25, 0.3) is 0 Å². The van der Waals surface area contributed by atoms with E-state index in [4.69, 9.17) is 9.84 Å². The van der Waals surface area contributed by atoms with Crippen LogP contribution < -0.4 is 10.1 Å². The van der Waals surface area contributed by atoms with Gasteiger partial charge in [-0.3, -0.25) is 4.79 Å². The number of carbonyl (C=O) groups is 2. The van der Waals surface area contributed by atoms with Gasteiger partial charge in [0.05, 0.1) is 11.7 Å². The highest BCUT2D eigenvalue weighted by atomic mass is 16.5. The summed E-state index contributed by atoms with van der Waals surface area (Å²) >= 11 is 0. The van der Waals surface area contributed by atoms with Crippen LogP contribution in [0.2, 0.25) is 0 Å². The second kappa shape index (κ2) is 8.10. The molecule has 1 aromatic carbocycles. The first-order valence-corrected chi connectivity index (χ1v) is 7.69. The van der Waals surface area contributed by atoms with Gasteiger partial charge in [0, 0.05) is 12.7 Å². The number of benzene rings is 1. The number of carboxylic acids is 1. The molecule has 0 aliphatic heterocycles. The lowest BCUT2D eigenvalue weighted by molar-refractivity contribution is 0.0696. The van der Waals surface area contributed by atoms with Crippen molar-refractivity contribution in [3.8, 4) is 5.75 Å². The van der Waals surface area contributed by atoms with E-state index in [0.29, 0.717) is 18.7 Å². The normalized spacial score (nSPS) is 10.5. The van der Waals surface area contributed by atoms with Crippen LogP contribution in [0.5, 0.6) is 5.75 Å². The van der Waals surface area contributed by atoms with E-state index < -0.39 is 5.97 Å². The first-order valence-electron chi connectivity index (χ1n) is 7.69. The molecule has 0 aliphatic carbocycles. The van der Waals surface area contributed by atoms with E-state index in [1.54, 1.807) is 42.6 Å². The minimum Gasteiger partial charge on any atom is -0.489 e. The van der Waals surface area contributed by atoms with Crippen molar-refractivity contribution in [2.75, 3.05) is 6.54 Å². The number of carbonyl (C=O) groups excluding carboxylic acids is 1. The standard InChI is InChI=1S/C18H20N2O4/c1-12(2)24-15-4-3-10-19-16(15)17(21)20-11-9-13-5-7-14(8-6-13)18(22)23/h3-8,10,12H,9,11H2,1-2H3,(H,20,21)(H,22,23). The Hall–Kier alpha value is -2.89. The number of amides is 1. The van der Waals surface area contributed by atoms with E-state index in [0.717, 1.165) is 5.56 Å². The molecule has 24 heavy (non-hydrogen) atoms. The summed E-state index contributed by atoms with van der Waals surface area (Å²) < 4.78 is 5.59. The molecule has 0 saturated heterocycles. The van der Waals surface area contributed by atoms with Gasteiger partial charge in [-0.05, 0) is 50.1 Å². The van der Waals surface area contributed by atoms with Crippen LogP contribution in [0.1, 0.15) is 40.3 Å². The smallest absolute Gasteiger partial charge is 0.335 e. The molecule has 1 amide bonds. The fourth-order valence-electron chi connectivity index (χ4n) is 2.13. The number of carboxylic acid groups (broad SMARTS) is 1. The molecular formula is C18H20N2O4. The molecule has 126 valence electrons. The Bertz CT molecular complexity index is 711. The Morgan fingerprint density at radius 1 is 1.21 bits per heavy atom. The highest BCUT2D eigenvalue weighted by Crippen LogP contribution is 2.16. The summed E-state index contributed by atoms with van der Waals surface area (Å²) in [6.07, 6.45) is 2.10. The monoisotopic (exact) mass is 328 g/mol. The molecule has 0 fully saturated rings. The minimum atomic E-state index is -0.956. The third-order valence-electron chi connectivity index (χ3n) is 3.25. The lowest BCUT2D eigenvalue weighted by atomic mass is 10.1. The van der Waals surface area contributed by atoms with Crippen LogP contribution in [-0.4, -0.2) is 34.6 Å². The van der Waals surface area contributed by atoms with Gasteiger partial charge in [0.15, 0.2) is 11.4 Å². The topological polar surface area (TPSA) is 88.5 Å². The van der Waals surface area contributed by atoms with Crippen molar-refractivity contribution < 1.29 is 19.4 Å². The summed E-state index contributed by atoms with van der Waals surface area (Å²) in [6, 6.07) is 10.0. The molecule has 1 heterocycles. The Balaban J connectivity index is 1.92. The van der Waals surface area contributed by atoms with E-state index in [1.807, 2.05) is 13.8 Å². The zero-order valence-corrected chi connectivity index (χ0v) is 13.7. The number of ether oxygens (including phenoxy) is 1. The van der Waals surface area contributed by atoms with Gasteiger partial charge >= 0.3 is 5.97 Å². The van der Waals surface area contributed by atoms with Crippen LogP contribution in [0.15, 0.2) is 42.6 Å². The van der Waals surface area contributed by atoms with E-state index in [1.165, 1.54) is 0 Å². The number of aromatic nitrogens is 1. The van der Waals surface area contributed by atoms with Crippen LogP contribution >= 0.6 is 0 Å². The first-order chi connectivity index (χ1) is 11.5. The van der Waals surface area contributed by atoms with Crippen LogP contribution in [0.3, 0.4) is 0 Å². The van der Waals surface area contributed by atoms with Crippen LogP contribution in [-0.2, 0) is 6.42 Å². The molecule has 1 aromatic heterocycles. The number of hydrogen-bond donors (Lipinski definition) is 2. The fraction of sp³-hybridized carbons (Fsp3) is 0.278. The third-order valence-corrected chi connectivity index (χ3v) is 3.25. The van der Waals surface area contributed by atoms with Crippen LogP contribution in [0.4, 0.5) is 0 Å². The number of aromatic carboxylic acids is 1. The Morgan fingerprint density at radius 2 is 1.92 bits per heavy atom. The van der Waals surface area contributed by atoms with Gasteiger partial charge in [0.25, 0.3) is 5.91 Å². The largest absolute Gasteiger partial charge is 0.489 e. The van der Waals surface area contributed by atoms with Crippen molar-refractivity contribution in [1.82, 2.24) is 10.3 Å². The summed E-state index contributed by atoms with van der Waals surface area (Å²) in [4.78, 5) is 27.1. The molecule has 2 N–H and O–H groups in total. The van der Waals surface area contributed by atoms with Gasteiger partial charge in [-0.15, -0.1) is 0 Å². The maximum Gasteiger partial charge on any atom is 0.335 e. The van der Waals surface area contributed by atoms with Gasteiger partial charge < -0.3 is 15.2 Å². The summed E-state index contributed by atoms with van der Waals surface area (Å²) in [5.41, 5.74) is 1.44. The molecule has 0 unspecified atom stereocenters. The Labute approximate surface area is 140 Å². The average molecular weight is 328 g/mol. The van der Waals surface area contributed by atoms with Crippen molar-refractivity contribution in [2.45, 2.75) is 26.4 Å². The minimum absolute atomic E-state index is 0.0477. The molecule has 2 rings (SSSR count). The molecule has 0 bridgehead atoms. The first kappa shape index (κ1) is 17.5. The number of pyridine rings is 1. The average Bonchev–Trinajstić information content (AvgIpc) is 2.55. The zero-order chi connectivity index (χ0) is 17.5. The van der Waals surface area contributed by atoms with Gasteiger partial charge in [-0.2, -0.15) is 0 Å². The summed E-state index contributed by atoms with van der Waals surface area (Å²) in [5.74, 6) is -0.799. The lowest BCUT2D eigenvalue weighted by Crippen LogP contribution is -2.27. The molecule has 0 saturated carbocycles. The highest BCUT2D eigenvalue weighted by Gasteiger charge is 2.14. The molecule has 6 nitrogen and oxygen atoms in total. The van der Waals surface area contributed by atoms with E-state index in [-0.39, 0.29) is 23.3 Å². The second-order valence-corrected chi connectivity index (χ2v) is 5.52. The van der Waals surface area contributed by atoms with Gasteiger partial charge in [0.2, 0.25) is 0 Å². The summed E-state index contributed by atoms with van der Waals surface area (Å²) in [7, 11) is 0. The molecule has 0 spiro atoms. The van der Waals surface area contributed by atoms with E-state index in [9.17, 15) is 9.59 Å². The zero-order valence-electron chi connectivity index (χ0n) is 13.7. The molecule has 0 aliphatic rings. The quantitative estimate of drug-likeness (QED) is 0.815. The number of nitrogens with zero attached hydrogens (tertiary/aromatic N) is 1. The van der Waals surface area contributed by atoms with E-state index in [2.05, 4.69) is 10.3 Å². The Morgan fingerprint density at radius 3 is 2.54 bits per heavy atom. The predicted molar refractivity (Wildman–Crippen MR) is 89.4 cm³/mol. The van der Waals surface area contributed by atoms with Crippen molar-refractivity contribution in [2.24, 2.45) is 0 Å². The fourth-order valence-corrected chi connectivity index (χ4v) is 2.13. The van der Waals surface area contributed by atoms with Gasteiger partial charge in [0.1, 0.15) is 0 Å². The van der Waals surface area contributed by atoms with Gasteiger partial charge in [-0.25, -0.2) is 9.78 Å². The SMILES string of the molecule is CC(C)Oc1cccnc1C(=O)NCCc1ccc(C(=O)O)cc1. The maximum atomic E-state index is 12.2. The second-order valence-electron chi connectivity index (χ2n) is 5.52. The summed E-state index contributed by atoms with van der Waals surface area (Å²) in [5, 5.41) is 11.7. The molecule has 0 radical (unpaired) electrons. The van der Waals surface area contributed by atoms with Gasteiger partial charge in [-0.1, -0.05) is 12.1 Å². The molecule has 6 heteroatoms. The molecular weight excluding hydrogens is 308 g/mol. The number of hydrogen-bond acceptors (Lipinski definition) is 4. The lowest BCUT2D eigenvalue weighted by Gasteiger charge is -2.13. The van der Waals surface area contributed by atoms with Crippen molar-refractivity contribution in [3.63, 3.8) is 0 Å². The number of rotatable bonds is 7. The number of nitrogens with one attached hydrogen (secondary N) is 1. The van der Waals surface area contributed by atoms with Crippen molar-refractivity contribution in [3.05, 3.63) is 59.4 Å². The molecule has 0 atom stereocenters. The Kier molecular flexibility index (Phi) is 5.89. The molecule has 2 aromatic rings. The third kappa shape index (κ3) is 4.81. The maximum absolute atomic E-state index is 12.2. The predicted octanol–water partition coefficient (Wildman–Crippen LogP) is 2.54. The van der Waals surface area contributed by atoms with Crippen molar-refractivity contribution >= 4 is 11.9 Å².